The predicted octanol–water partition coefficient (Wildman–Crippen LogP) is 2.81. The van der Waals surface area contributed by atoms with Gasteiger partial charge in [-0.2, -0.15) is 0 Å². The number of benzene rings is 1. The molecule has 1 saturated heterocycles. The summed E-state index contributed by atoms with van der Waals surface area (Å²) in [5.74, 6) is -0.116. The van der Waals surface area contributed by atoms with E-state index in [1.807, 2.05) is 23.6 Å². The Morgan fingerprint density at radius 2 is 1.88 bits per heavy atom. The quantitative estimate of drug-likeness (QED) is 0.397. The average molecular weight is 457 g/mol. The van der Waals surface area contributed by atoms with Crippen LogP contribution in [0.1, 0.15) is 73.1 Å². The molecule has 1 aromatic carbocycles. The molecule has 2 aromatic rings. The first-order valence-corrected chi connectivity index (χ1v) is 11.4. The van der Waals surface area contributed by atoms with E-state index in [-0.39, 0.29) is 0 Å². The number of aliphatic hydroxyl groups excluding tert-OH is 1. The molecule has 1 fully saturated rings. The largest absolute Gasteiger partial charge is 0.465 e. The standard InChI is InChI=1S/C24H32N4O5/c1-4-6-8-19-25-14-18(21(29)20-22(30)26-24(32)27(20)13-7-5-2)28(19)15-16-9-11-17(12-10-16)23(31)33-3/h9-12,14,20-21,29H,4-8,13,15H2,1-3H3,(H,26,30,32). The molecule has 0 spiro atoms. The number of urea groups is 1. The Labute approximate surface area is 193 Å². The lowest BCUT2D eigenvalue weighted by molar-refractivity contribution is -0.124. The number of unbranched alkanes of at least 4 members (excludes halogenated alkanes) is 2. The molecule has 0 bridgehead atoms. The van der Waals surface area contributed by atoms with Crippen LogP contribution in [0.4, 0.5) is 4.79 Å². The number of rotatable bonds is 11. The zero-order valence-electron chi connectivity index (χ0n) is 19.4. The van der Waals surface area contributed by atoms with Gasteiger partial charge < -0.3 is 19.3 Å². The molecule has 3 amide bonds. The first-order chi connectivity index (χ1) is 15.9. The molecule has 2 heterocycles. The summed E-state index contributed by atoms with van der Waals surface area (Å²) in [4.78, 5) is 42.5. The fraction of sp³-hybridized carbons (Fsp3) is 0.500. The minimum Gasteiger partial charge on any atom is -0.465 e. The predicted molar refractivity (Wildman–Crippen MR) is 122 cm³/mol. The van der Waals surface area contributed by atoms with Crippen molar-refractivity contribution in [2.75, 3.05) is 13.7 Å². The Bertz CT molecular complexity index is 985. The number of aromatic nitrogens is 2. The molecule has 1 aliphatic heterocycles. The smallest absolute Gasteiger partial charge is 0.337 e. The molecular formula is C24H32N4O5. The van der Waals surface area contributed by atoms with Crippen molar-refractivity contribution in [3.8, 4) is 0 Å². The lowest BCUT2D eigenvalue weighted by atomic mass is 10.1. The summed E-state index contributed by atoms with van der Waals surface area (Å²) in [6, 6.07) is 5.55. The maximum atomic E-state index is 12.5. The van der Waals surface area contributed by atoms with Gasteiger partial charge >= 0.3 is 12.0 Å². The third-order valence-electron chi connectivity index (χ3n) is 5.89. The highest BCUT2D eigenvalue weighted by molar-refractivity contribution is 6.04. The molecule has 0 saturated carbocycles. The van der Waals surface area contributed by atoms with Crippen LogP contribution in [0.2, 0.25) is 0 Å². The van der Waals surface area contributed by atoms with Gasteiger partial charge in [-0.05, 0) is 30.5 Å². The Hall–Kier alpha value is -3.20. The van der Waals surface area contributed by atoms with E-state index in [0.717, 1.165) is 43.5 Å². The number of imide groups is 1. The second-order valence-electron chi connectivity index (χ2n) is 8.21. The number of nitrogens with one attached hydrogen (secondary N) is 1. The van der Waals surface area contributed by atoms with Gasteiger partial charge in [0.05, 0.1) is 24.6 Å². The van der Waals surface area contributed by atoms with Crippen LogP contribution in [-0.4, -0.2) is 57.2 Å². The van der Waals surface area contributed by atoms with Crippen molar-refractivity contribution in [1.82, 2.24) is 19.8 Å². The summed E-state index contributed by atoms with van der Waals surface area (Å²) in [5.41, 5.74) is 1.84. The summed E-state index contributed by atoms with van der Waals surface area (Å²) >= 11 is 0. The minimum atomic E-state index is -1.22. The maximum absolute atomic E-state index is 12.5. The molecule has 2 atom stereocenters. The number of hydrogen-bond acceptors (Lipinski definition) is 6. The normalized spacial score (nSPS) is 16.7. The van der Waals surface area contributed by atoms with E-state index in [4.69, 9.17) is 4.74 Å². The van der Waals surface area contributed by atoms with Gasteiger partial charge in [0.2, 0.25) is 0 Å². The van der Waals surface area contributed by atoms with Gasteiger partial charge in [0.15, 0.2) is 0 Å². The van der Waals surface area contributed by atoms with Crippen molar-refractivity contribution in [1.29, 1.82) is 0 Å². The molecule has 0 radical (unpaired) electrons. The topological polar surface area (TPSA) is 114 Å². The van der Waals surface area contributed by atoms with Gasteiger partial charge in [-0.1, -0.05) is 38.8 Å². The number of aliphatic hydroxyl groups is 1. The second-order valence-corrected chi connectivity index (χ2v) is 8.21. The molecule has 1 aliphatic rings. The molecule has 2 unspecified atom stereocenters. The number of carbonyl (C=O) groups is 3. The van der Waals surface area contributed by atoms with E-state index in [9.17, 15) is 19.5 Å². The number of hydrogen-bond donors (Lipinski definition) is 2. The van der Waals surface area contributed by atoms with Crippen molar-refractivity contribution in [2.24, 2.45) is 0 Å². The molecule has 1 aromatic heterocycles. The van der Waals surface area contributed by atoms with Crippen LogP contribution < -0.4 is 5.32 Å². The summed E-state index contributed by atoms with van der Waals surface area (Å²) in [7, 11) is 1.34. The zero-order valence-corrected chi connectivity index (χ0v) is 19.4. The van der Waals surface area contributed by atoms with Crippen LogP contribution >= 0.6 is 0 Å². The van der Waals surface area contributed by atoms with E-state index in [1.54, 1.807) is 18.3 Å². The van der Waals surface area contributed by atoms with Crippen molar-refractivity contribution in [2.45, 2.75) is 64.6 Å². The van der Waals surface area contributed by atoms with Crippen LogP contribution in [-0.2, 0) is 22.5 Å². The summed E-state index contributed by atoms with van der Waals surface area (Å²) < 4.78 is 6.66. The van der Waals surface area contributed by atoms with Crippen molar-refractivity contribution in [3.63, 3.8) is 0 Å². The van der Waals surface area contributed by atoms with Gasteiger partial charge in [0, 0.05) is 19.5 Å². The first-order valence-electron chi connectivity index (χ1n) is 11.4. The SMILES string of the molecule is CCCCc1ncc(C(O)C2C(=O)NC(=O)N2CCCC)n1Cc1ccc(C(=O)OC)cc1. The number of esters is 1. The van der Waals surface area contributed by atoms with Crippen molar-refractivity contribution < 1.29 is 24.2 Å². The van der Waals surface area contributed by atoms with Gasteiger partial charge in [-0.25, -0.2) is 14.6 Å². The van der Waals surface area contributed by atoms with E-state index in [1.165, 1.54) is 12.0 Å². The summed E-state index contributed by atoms with van der Waals surface area (Å²) in [6.45, 7) is 4.89. The van der Waals surface area contributed by atoms with Crippen LogP contribution in [0, 0.1) is 0 Å². The Balaban J connectivity index is 1.91. The number of nitrogens with zero attached hydrogens (tertiary/aromatic N) is 3. The molecule has 9 heteroatoms. The molecule has 33 heavy (non-hydrogen) atoms. The maximum Gasteiger partial charge on any atom is 0.337 e. The zero-order chi connectivity index (χ0) is 24.0. The molecular weight excluding hydrogens is 424 g/mol. The molecule has 0 aliphatic carbocycles. The Morgan fingerprint density at radius 3 is 2.52 bits per heavy atom. The first kappa shape index (κ1) is 24.4. The monoisotopic (exact) mass is 456 g/mol. The van der Waals surface area contributed by atoms with E-state index < -0.39 is 30.1 Å². The molecule has 9 nitrogen and oxygen atoms in total. The summed E-state index contributed by atoms with van der Waals surface area (Å²) in [6.07, 6.45) is 4.61. The van der Waals surface area contributed by atoms with E-state index in [0.29, 0.717) is 24.3 Å². The van der Waals surface area contributed by atoms with Crippen LogP contribution in [0.3, 0.4) is 0 Å². The highest BCUT2D eigenvalue weighted by Gasteiger charge is 2.44. The highest BCUT2D eigenvalue weighted by Crippen LogP contribution is 2.27. The Kier molecular flexibility index (Phi) is 8.21. The number of ether oxygens (including phenoxy) is 1. The lowest BCUT2D eigenvalue weighted by Gasteiger charge is -2.26. The van der Waals surface area contributed by atoms with Crippen molar-refractivity contribution in [3.05, 3.63) is 53.1 Å². The number of amides is 3. The van der Waals surface area contributed by atoms with Crippen LogP contribution in [0.5, 0.6) is 0 Å². The highest BCUT2D eigenvalue weighted by atomic mass is 16.5. The lowest BCUT2D eigenvalue weighted by Crippen LogP contribution is -2.41. The molecule has 178 valence electrons. The van der Waals surface area contributed by atoms with E-state index in [2.05, 4.69) is 17.2 Å². The van der Waals surface area contributed by atoms with Gasteiger partial charge in [0.1, 0.15) is 18.0 Å². The average Bonchev–Trinajstić information content (AvgIpc) is 3.34. The van der Waals surface area contributed by atoms with Crippen molar-refractivity contribution >= 4 is 17.9 Å². The fourth-order valence-electron chi connectivity index (χ4n) is 3.99. The van der Waals surface area contributed by atoms with Gasteiger partial charge in [-0.15, -0.1) is 0 Å². The molecule has 2 N–H and O–H groups in total. The van der Waals surface area contributed by atoms with Gasteiger partial charge in [0.25, 0.3) is 5.91 Å². The molecule has 3 rings (SSSR count). The number of aryl methyl sites for hydroxylation is 1. The van der Waals surface area contributed by atoms with Crippen LogP contribution in [0.15, 0.2) is 30.5 Å². The second kappa shape index (κ2) is 11.1. The Morgan fingerprint density at radius 1 is 1.18 bits per heavy atom. The number of carbonyl (C=O) groups excluding carboxylic acids is 3. The number of methoxy groups -OCH3 is 1. The third kappa shape index (κ3) is 5.42. The fourth-order valence-corrected chi connectivity index (χ4v) is 3.99. The third-order valence-corrected chi connectivity index (χ3v) is 5.89. The van der Waals surface area contributed by atoms with E-state index >= 15 is 0 Å². The summed E-state index contributed by atoms with van der Waals surface area (Å²) in [5, 5.41) is 13.6. The minimum absolute atomic E-state index is 0.390. The van der Waals surface area contributed by atoms with Crippen LogP contribution in [0.25, 0.3) is 0 Å². The number of imidazole rings is 1. The van der Waals surface area contributed by atoms with Gasteiger partial charge in [-0.3, -0.25) is 10.1 Å².